The van der Waals surface area contributed by atoms with E-state index in [-0.39, 0.29) is 11.0 Å². The van der Waals surface area contributed by atoms with Crippen LogP contribution in [0, 0.1) is 5.41 Å². The lowest BCUT2D eigenvalue weighted by molar-refractivity contribution is 0.0590. The molecule has 0 unspecified atom stereocenters. The molecule has 0 bridgehead atoms. The smallest absolute Gasteiger partial charge is 0.407 e. The molecule has 0 saturated carbocycles. The van der Waals surface area contributed by atoms with Gasteiger partial charge in [0.15, 0.2) is 0 Å². The number of amides is 1. The van der Waals surface area contributed by atoms with Crippen LogP contribution in [0.25, 0.3) is 0 Å². The largest absolute Gasteiger partial charge is 0.447 e. The van der Waals surface area contributed by atoms with Gasteiger partial charge in [-0.05, 0) is 32.6 Å². The number of carbonyl (C=O) groups excluding carboxylic acids is 1. The summed E-state index contributed by atoms with van der Waals surface area (Å²) in [4.78, 5) is 11.3. The molecule has 1 N–H and O–H groups in total. The SMILES string of the molecule is CC(C)(C)CCOCCOC(=O)NC(C)(C)C. The Kier molecular flexibility index (Phi) is 6.53. The molecule has 0 aromatic heterocycles. The van der Waals surface area contributed by atoms with E-state index >= 15 is 0 Å². The number of ether oxygens (including phenoxy) is 2. The van der Waals surface area contributed by atoms with E-state index in [9.17, 15) is 4.79 Å². The highest BCUT2D eigenvalue weighted by Gasteiger charge is 2.14. The second kappa shape index (κ2) is 6.84. The van der Waals surface area contributed by atoms with Crippen LogP contribution in [0.5, 0.6) is 0 Å². The van der Waals surface area contributed by atoms with Gasteiger partial charge in [0.1, 0.15) is 6.61 Å². The van der Waals surface area contributed by atoms with Crippen LogP contribution in [0.4, 0.5) is 4.79 Å². The highest BCUT2D eigenvalue weighted by molar-refractivity contribution is 5.67. The average Bonchev–Trinajstić information content (AvgIpc) is 2.06. The molecule has 0 saturated heterocycles. The van der Waals surface area contributed by atoms with Gasteiger partial charge in [-0.3, -0.25) is 0 Å². The first-order valence-corrected chi connectivity index (χ1v) is 6.13. The monoisotopic (exact) mass is 245 g/mol. The fraction of sp³-hybridized carbons (Fsp3) is 0.923. The maximum Gasteiger partial charge on any atom is 0.407 e. The molecular formula is C13H27NO3. The van der Waals surface area contributed by atoms with Crippen molar-refractivity contribution >= 4 is 6.09 Å². The van der Waals surface area contributed by atoms with Gasteiger partial charge < -0.3 is 14.8 Å². The Morgan fingerprint density at radius 3 is 2.06 bits per heavy atom. The van der Waals surface area contributed by atoms with Crippen molar-refractivity contribution in [1.29, 1.82) is 0 Å². The first-order valence-electron chi connectivity index (χ1n) is 6.13. The summed E-state index contributed by atoms with van der Waals surface area (Å²) in [5.41, 5.74) is 0.0225. The number of hydrogen-bond acceptors (Lipinski definition) is 3. The van der Waals surface area contributed by atoms with Gasteiger partial charge in [0.25, 0.3) is 0 Å². The fourth-order valence-electron chi connectivity index (χ4n) is 1.02. The molecule has 0 heterocycles. The Morgan fingerprint density at radius 1 is 1.00 bits per heavy atom. The lowest BCUT2D eigenvalue weighted by atomic mass is 9.93. The number of hydrogen-bond donors (Lipinski definition) is 1. The van der Waals surface area contributed by atoms with Crippen LogP contribution in [0.2, 0.25) is 0 Å². The Bertz CT molecular complexity index is 226. The van der Waals surface area contributed by atoms with Crippen LogP contribution in [0.3, 0.4) is 0 Å². The number of carbonyl (C=O) groups is 1. The van der Waals surface area contributed by atoms with E-state index in [4.69, 9.17) is 9.47 Å². The second-order valence-corrected chi connectivity index (χ2v) is 6.43. The molecule has 0 spiro atoms. The lowest BCUT2D eigenvalue weighted by Gasteiger charge is -2.20. The quantitative estimate of drug-likeness (QED) is 0.757. The summed E-state index contributed by atoms with van der Waals surface area (Å²) >= 11 is 0. The van der Waals surface area contributed by atoms with E-state index in [0.717, 1.165) is 6.42 Å². The molecular weight excluding hydrogens is 218 g/mol. The van der Waals surface area contributed by atoms with Crippen molar-refractivity contribution in [3.05, 3.63) is 0 Å². The van der Waals surface area contributed by atoms with Crippen molar-refractivity contribution in [2.24, 2.45) is 5.41 Å². The number of rotatable bonds is 5. The van der Waals surface area contributed by atoms with Crippen molar-refractivity contribution in [3.63, 3.8) is 0 Å². The summed E-state index contributed by atoms with van der Waals surface area (Å²) in [5.74, 6) is 0. The van der Waals surface area contributed by atoms with Gasteiger partial charge in [-0.1, -0.05) is 20.8 Å². The van der Waals surface area contributed by atoms with Crippen LogP contribution < -0.4 is 5.32 Å². The molecule has 4 nitrogen and oxygen atoms in total. The van der Waals surface area contributed by atoms with E-state index in [0.29, 0.717) is 19.8 Å². The van der Waals surface area contributed by atoms with Crippen LogP contribution >= 0.6 is 0 Å². The molecule has 0 radical (unpaired) electrons. The normalized spacial score (nSPS) is 12.4. The van der Waals surface area contributed by atoms with Crippen molar-refractivity contribution < 1.29 is 14.3 Å². The fourth-order valence-corrected chi connectivity index (χ4v) is 1.02. The molecule has 17 heavy (non-hydrogen) atoms. The molecule has 102 valence electrons. The van der Waals surface area contributed by atoms with Gasteiger partial charge in [0, 0.05) is 12.1 Å². The maximum absolute atomic E-state index is 11.3. The van der Waals surface area contributed by atoms with Crippen LogP contribution in [0.1, 0.15) is 48.0 Å². The van der Waals surface area contributed by atoms with Gasteiger partial charge in [-0.15, -0.1) is 0 Å². The minimum atomic E-state index is -0.392. The molecule has 0 rings (SSSR count). The zero-order valence-electron chi connectivity index (χ0n) is 12.1. The van der Waals surface area contributed by atoms with Crippen molar-refractivity contribution in [2.75, 3.05) is 19.8 Å². The van der Waals surface area contributed by atoms with E-state index in [1.165, 1.54) is 0 Å². The minimum Gasteiger partial charge on any atom is -0.447 e. The standard InChI is InChI=1S/C13H27NO3/c1-12(2,3)7-8-16-9-10-17-11(15)14-13(4,5)6/h7-10H2,1-6H3,(H,14,15). The molecule has 0 aliphatic heterocycles. The van der Waals surface area contributed by atoms with Gasteiger partial charge in [0.2, 0.25) is 0 Å². The summed E-state index contributed by atoms with van der Waals surface area (Å²) in [6.45, 7) is 13.7. The zero-order valence-corrected chi connectivity index (χ0v) is 12.1. The molecule has 0 aliphatic carbocycles. The molecule has 1 amide bonds. The van der Waals surface area contributed by atoms with Gasteiger partial charge >= 0.3 is 6.09 Å². The van der Waals surface area contributed by atoms with Crippen molar-refractivity contribution in [3.8, 4) is 0 Å². The zero-order chi connectivity index (χ0) is 13.5. The van der Waals surface area contributed by atoms with Crippen molar-refractivity contribution in [2.45, 2.75) is 53.5 Å². The van der Waals surface area contributed by atoms with E-state index < -0.39 is 6.09 Å². The summed E-state index contributed by atoms with van der Waals surface area (Å²) in [6.07, 6.45) is 0.609. The average molecular weight is 245 g/mol. The summed E-state index contributed by atoms with van der Waals surface area (Å²) in [6, 6.07) is 0. The number of alkyl carbamates (subject to hydrolysis) is 1. The third-order valence-corrected chi connectivity index (χ3v) is 1.93. The van der Waals surface area contributed by atoms with E-state index in [1.54, 1.807) is 0 Å². The summed E-state index contributed by atoms with van der Waals surface area (Å²) in [7, 11) is 0. The predicted molar refractivity (Wildman–Crippen MR) is 69.1 cm³/mol. The second-order valence-electron chi connectivity index (χ2n) is 6.43. The molecule has 0 aliphatic rings. The first kappa shape index (κ1) is 16.2. The maximum atomic E-state index is 11.3. The third-order valence-electron chi connectivity index (χ3n) is 1.93. The van der Waals surface area contributed by atoms with Gasteiger partial charge in [0.05, 0.1) is 6.61 Å². The van der Waals surface area contributed by atoms with Crippen molar-refractivity contribution in [1.82, 2.24) is 5.32 Å². The Morgan fingerprint density at radius 2 is 1.59 bits per heavy atom. The third kappa shape index (κ3) is 13.2. The topological polar surface area (TPSA) is 47.6 Å². The predicted octanol–water partition coefficient (Wildman–Crippen LogP) is 2.96. The Balaban J connectivity index is 3.44. The highest BCUT2D eigenvalue weighted by atomic mass is 16.6. The molecule has 0 fully saturated rings. The molecule has 0 aromatic rings. The highest BCUT2D eigenvalue weighted by Crippen LogP contribution is 2.17. The Hall–Kier alpha value is -0.770. The first-order chi connectivity index (χ1) is 7.60. The van der Waals surface area contributed by atoms with E-state index in [1.807, 2.05) is 20.8 Å². The van der Waals surface area contributed by atoms with Crippen LogP contribution in [-0.2, 0) is 9.47 Å². The molecule has 0 atom stereocenters. The summed E-state index contributed by atoms with van der Waals surface area (Å²) in [5, 5.41) is 2.72. The van der Waals surface area contributed by atoms with E-state index in [2.05, 4.69) is 26.1 Å². The van der Waals surface area contributed by atoms with Gasteiger partial charge in [-0.2, -0.15) is 0 Å². The van der Waals surface area contributed by atoms with Crippen LogP contribution in [-0.4, -0.2) is 31.5 Å². The minimum absolute atomic E-state index is 0.260. The summed E-state index contributed by atoms with van der Waals surface area (Å²) < 4.78 is 10.4. The van der Waals surface area contributed by atoms with Gasteiger partial charge in [-0.25, -0.2) is 4.79 Å². The molecule has 4 heteroatoms. The molecule has 0 aromatic carbocycles. The number of nitrogens with one attached hydrogen (secondary N) is 1. The Labute approximate surface area is 105 Å². The van der Waals surface area contributed by atoms with Crippen LogP contribution in [0.15, 0.2) is 0 Å². The lowest BCUT2D eigenvalue weighted by Crippen LogP contribution is -2.41.